The van der Waals surface area contributed by atoms with Crippen molar-refractivity contribution in [3.63, 3.8) is 0 Å². The van der Waals surface area contributed by atoms with Crippen LogP contribution in [0, 0.1) is 5.41 Å². The van der Waals surface area contributed by atoms with Crippen LogP contribution in [-0.4, -0.2) is 26.2 Å². The summed E-state index contributed by atoms with van der Waals surface area (Å²) in [6.45, 7) is 9.16. The van der Waals surface area contributed by atoms with E-state index in [9.17, 15) is 0 Å². The molecular formula is C17H28N2. The third kappa shape index (κ3) is 4.24. The van der Waals surface area contributed by atoms with Gasteiger partial charge in [-0.3, -0.25) is 0 Å². The Kier molecular flexibility index (Phi) is 4.51. The number of piperidine rings is 1. The predicted molar refractivity (Wildman–Crippen MR) is 83.9 cm³/mol. The number of likely N-dealkylation sites (N-methyl/N-ethyl adjacent to an activating group) is 1. The van der Waals surface area contributed by atoms with Gasteiger partial charge in [-0.25, -0.2) is 0 Å². The van der Waals surface area contributed by atoms with E-state index in [0.717, 1.165) is 13.0 Å². The summed E-state index contributed by atoms with van der Waals surface area (Å²) in [5, 5.41) is 3.49. The molecule has 1 aromatic carbocycles. The van der Waals surface area contributed by atoms with E-state index < -0.39 is 0 Å². The molecule has 19 heavy (non-hydrogen) atoms. The SMILES string of the molecule is CN(c1ccc(CC(C)(C)C)cc1)C1CCCNC1. The van der Waals surface area contributed by atoms with Crippen molar-refractivity contribution in [1.29, 1.82) is 0 Å². The Morgan fingerprint density at radius 1 is 1.21 bits per heavy atom. The summed E-state index contributed by atoms with van der Waals surface area (Å²) in [6.07, 6.45) is 3.73. The number of hydrogen-bond donors (Lipinski definition) is 1. The molecule has 2 nitrogen and oxygen atoms in total. The topological polar surface area (TPSA) is 15.3 Å². The second-order valence-corrected chi connectivity index (χ2v) is 7.01. The lowest BCUT2D eigenvalue weighted by Crippen LogP contribution is -2.44. The Morgan fingerprint density at radius 3 is 2.42 bits per heavy atom. The molecule has 0 radical (unpaired) electrons. The normalized spacial score (nSPS) is 20.3. The van der Waals surface area contributed by atoms with E-state index in [1.807, 2.05) is 0 Å². The molecule has 0 saturated carbocycles. The maximum atomic E-state index is 3.49. The van der Waals surface area contributed by atoms with E-state index in [0.29, 0.717) is 11.5 Å². The highest BCUT2D eigenvalue weighted by Gasteiger charge is 2.18. The summed E-state index contributed by atoms with van der Waals surface area (Å²) in [7, 11) is 2.22. The first-order valence-corrected chi connectivity index (χ1v) is 7.48. The van der Waals surface area contributed by atoms with Crippen LogP contribution in [0.3, 0.4) is 0 Å². The molecule has 1 aliphatic rings. The zero-order chi connectivity index (χ0) is 13.9. The van der Waals surface area contributed by atoms with E-state index in [1.54, 1.807) is 0 Å². The van der Waals surface area contributed by atoms with Crippen LogP contribution >= 0.6 is 0 Å². The molecule has 0 spiro atoms. The fraction of sp³-hybridized carbons (Fsp3) is 0.647. The first-order valence-electron chi connectivity index (χ1n) is 7.48. The van der Waals surface area contributed by atoms with Gasteiger partial charge in [-0.1, -0.05) is 32.9 Å². The van der Waals surface area contributed by atoms with Gasteiger partial charge in [-0.05, 0) is 48.9 Å². The maximum absolute atomic E-state index is 3.49. The third-order valence-corrected chi connectivity index (χ3v) is 3.90. The van der Waals surface area contributed by atoms with E-state index in [2.05, 4.69) is 62.3 Å². The van der Waals surface area contributed by atoms with Gasteiger partial charge >= 0.3 is 0 Å². The van der Waals surface area contributed by atoms with E-state index in [4.69, 9.17) is 0 Å². The summed E-state index contributed by atoms with van der Waals surface area (Å²) in [5.74, 6) is 0. The highest BCUT2D eigenvalue weighted by atomic mass is 15.2. The Morgan fingerprint density at radius 2 is 1.89 bits per heavy atom. The number of nitrogens with one attached hydrogen (secondary N) is 1. The second-order valence-electron chi connectivity index (χ2n) is 7.01. The second kappa shape index (κ2) is 5.96. The summed E-state index contributed by atoms with van der Waals surface area (Å²) < 4.78 is 0. The van der Waals surface area contributed by atoms with Crippen molar-refractivity contribution in [3.05, 3.63) is 29.8 Å². The Labute approximate surface area is 118 Å². The molecule has 2 heteroatoms. The van der Waals surface area contributed by atoms with Crippen molar-refractivity contribution in [2.75, 3.05) is 25.0 Å². The highest BCUT2D eigenvalue weighted by molar-refractivity contribution is 5.48. The smallest absolute Gasteiger partial charge is 0.0411 e. The Balaban J connectivity index is 2.01. The average molecular weight is 260 g/mol. The lowest BCUT2D eigenvalue weighted by atomic mass is 9.88. The van der Waals surface area contributed by atoms with Gasteiger partial charge in [0, 0.05) is 25.3 Å². The summed E-state index contributed by atoms with van der Waals surface area (Å²) in [5.41, 5.74) is 3.14. The molecule has 1 heterocycles. The van der Waals surface area contributed by atoms with Crippen molar-refractivity contribution < 1.29 is 0 Å². The molecule has 1 aliphatic heterocycles. The first kappa shape index (κ1) is 14.4. The molecule has 1 atom stereocenters. The molecule has 0 aromatic heterocycles. The van der Waals surface area contributed by atoms with Crippen LogP contribution in [0.5, 0.6) is 0 Å². The summed E-state index contributed by atoms with van der Waals surface area (Å²) in [4.78, 5) is 2.42. The molecule has 1 saturated heterocycles. The summed E-state index contributed by atoms with van der Waals surface area (Å²) >= 11 is 0. The van der Waals surface area contributed by atoms with Gasteiger partial charge in [0.1, 0.15) is 0 Å². The van der Waals surface area contributed by atoms with Crippen LogP contribution in [-0.2, 0) is 6.42 Å². The fourth-order valence-electron chi connectivity index (χ4n) is 2.84. The van der Waals surface area contributed by atoms with Gasteiger partial charge < -0.3 is 10.2 Å². The molecular weight excluding hydrogens is 232 g/mol. The van der Waals surface area contributed by atoms with E-state index >= 15 is 0 Å². The fourth-order valence-corrected chi connectivity index (χ4v) is 2.84. The van der Waals surface area contributed by atoms with Crippen LogP contribution in [0.2, 0.25) is 0 Å². The minimum absolute atomic E-state index is 0.362. The Bertz CT molecular complexity index is 383. The highest BCUT2D eigenvalue weighted by Crippen LogP contribution is 2.24. The van der Waals surface area contributed by atoms with Crippen LogP contribution in [0.4, 0.5) is 5.69 Å². The van der Waals surface area contributed by atoms with Crippen LogP contribution in [0.25, 0.3) is 0 Å². The van der Waals surface area contributed by atoms with Gasteiger partial charge in [0.25, 0.3) is 0 Å². The lowest BCUT2D eigenvalue weighted by Gasteiger charge is -2.33. The van der Waals surface area contributed by atoms with E-state index in [-0.39, 0.29) is 0 Å². The number of benzene rings is 1. The number of hydrogen-bond acceptors (Lipinski definition) is 2. The molecule has 1 N–H and O–H groups in total. The molecule has 0 bridgehead atoms. The maximum Gasteiger partial charge on any atom is 0.0411 e. The summed E-state index contributed by atoms with van der Waals surface area (Å²) in [6, 6.07) is 9.76. The first-order chi connectivity index (χ1) is 8.96. The van der Waals surface area contributed by atoms with Crippen molar-refractivity contribution in [2.45, 2.75) is 46.1 Å². The number of nitrogens with zero attached hydrogens (tertiary/aromatic N) is 1. The zero-order valence-corrected chi connectivity index (χ0v) is 12.9. The Hall–Kier alpha value is -1.02. The lowest BCUT2D eigenvalue weighted by molar-refractivity contribution is 0.411. The van der Waals surface area contributed by atoms with Crippen molar-refractivity contribution >= 4 is 5.69 Å². The number of anilines is 1. The predicted octanol–water partition coefficient (Wildman–Crippen LogP) is 3.46. The minimum Gasteiger partial charge on any atom is -0.370 e. The molecule has 1 unspecified atom stereocenters. The molecule has 106 valence electrons. The van der Waals surface area contributed by atoms with Gasteiger partial charge in [0.05, 0.1) is 0 Å². The van der Waals surface area contributed by atoms with Crippen molar-refractivity contribution in [2.24, 2.45) is 5.41 Å². The van der Waals surface area contributed by atoms with Crippen LogP contribution < -0.4 is 10.2 Å². The quantitative estimate of drug-likeness (QED) is 0.895. The van der Waals surface area contributed by atoms with Gasteiger partial charge in [-0.15, -0.1) is 0 Å². The number of rotatable bonds is 3. The average Bonchev–Trinajstić information content (AvgIpc) is 2.38. The molecule has 1 aromatic rings. The van der Waals surface area contributed by atoms with E-state index in [1.165, 1.54) is 30.6 Å². The zero-order valence-electron chi connectivity index (χ0n) is 12.9. The van der Waals surface area contributed by atoms with Crippen LogP contribution in [0.1, 0.15) is 39.2 Å². The van der Waals surface area contributed by atoms with Crippen LogP contribution in [0.15, 0.2) is 24.3 Å². The van der Waals surface area contributed by atoms with Gasteiger partial charge in [-0.2, -0.15) is 0 Å². The van der Waals surface area contributed by atoms with Gasteiger partial charge in [0.15, 0.2) is 0 Å². The van der Waals surface area contributed by atoms with Crippen molar-refractivity contribution in [1.82, 2.24) is 5.32 Å². The molecule has 1 fully saturated rings. The van der Waals surface area contributed by atoms with Crippen molar-refractivity contribution in [3.8, 4) is 0 Å². The molecule has 2 rings (SSSR count). The monoisotopic (exact) mass is 260 g/mol. The third-order valence-electron chi connectivity index (χ3n) is 3.90. The largest absolute Gasteiger partial charge is 0.370 e. The molecule has 0 aliphatic carbocycles. The molecule has 0 amide bonds. The van der Waals surface area contributed by atoms with Gasteiger partial charge in [0.2, 0.25) is 0 Å². The minimum atomic E-state index is 0.362. The standard InChI is InChI=1S/C17H28N2/c1-17(2,3)12-14-7-9-15(10-8-14)19(4)16-6-5-11-18-13-16/h7-10,16,18H,5-6,11-13H2,1-4H3.